The number of nitrogens with two attached hydrogens (primary N) is 1. The summed E-state index contributed by atoms with van der Waals surface area (Å²) in [5.41, 5.74) is 6.93. The third-order valence-corrected chi connectivity index (χ3v) is 2.79. The second-order valence-corrected chi connectivity index (χ2v) is 4.56. The summed E-state index contributed by atoms with van der Waals surface area (Å²) < 4.78 is 0. The van der Waals surface area contributed by atoms with Gasteiger partial charge in [-0.05, 0) is 25.0 Å². The first kappa shape index (κ1) is 14.2. The van der Waals surface area contributed by atoms with E-state index in [0.717, 1.165) is 12.0 Å². The van der Waals surface area contributed by atoms with E-state index in [9.17, 15) is 4.79 Å². The topological polar surface area (TPSA) is 68.0 Å². The zero-order valence-electron chi connectivity index (χ0n) is 9.76. The Morgan fingerprint density at radius 3 is 2.76 bits per heavy atom. The molecule has 0 aromatic carbocycles. The Hall–Kier alpha value is -0.840. The first-order valence-corrected chi connectivity index (χ1v) is 6.10. The van der Waals surface area contributed by atoms with Crippen LogP contribution in [0.3, 0.4) is 0 Å². The Morgan fingerprint density at radius 1 is 1.59 bits per heavy atom. The van der Waals surface area contributed by atoms with E-state index in [2.05, 4.69) is 10.3 Å². The summed E-state index contributed by atoms with van der Waals surface area (Å²) in [6.45, 7) is 3.76. The van der Waals surface area contributed by atoms with Crippen LogP contribution in [0.25, 0.3) is 0 Å². The second kappa shape index (κ2) is 6.19. The van der Waals surface area contributed by atoms with Gasteiger partial charge in [-0.3, -0.25) is 4.79 Å². The molecule has 17 heavy (non-hydrogen) atoms. The lowest BCUT2D eigenvalue weighted by Gasteiger charge is -2.13. The van der Waals surface area contributed by atoms with Crippen molar-refractivity contribution in [1.82, 2.24) is 4.98 Å². The molecular formula is C11H15Cl2N3O. The molecule has 0 saturated carbocycles. The standard InChI is InChI=1S/C11H15Cl2N3O/c1-3-4-7(14)11(17)16-9-6(2)5-8(12)15-10(9)13/h5,7H,3-4,14H2,1-2H3,(H,16,17)/t7-/m1/s1. The highest BCUT2D eigenvalue weighted by atomic mass is 35.5. The maximum Gasteiger partial charge on any atom is 0.241 e. The molecule has 1 heterocycles. The quantitative estimate of drug-likeness (QED) is 0.831. The molecule has 3 N–H and O–H groups in total. The first-order chi connectivity index (χ1) is 7.95. The Labute approximate surface area is 110 Å². The van der Waals surface area contributed by atoms with Crippen LogP contribution < -0.4 is 11.1 Å². The van der Waals surface area contributed by atoms with Gasteiger partial charge in [0.15, 0.2) is 5.15 Å². The van der Waals surface area contributed by atoms with Crippen molar-refractivity contribution in [3.05, 3.63) is 21.9 Å². The number of aromatic nitrogens is 1. The predicted molar refractivity (Wildman–Crippen MR) is 70.5 cm³/mol. The van der Waals surface area contributed by atoms with Gasteiger partial charge in [0.25, 0.3) is 0 Å². The summed E-state index contributed by atoms with van der Waals surface area (Å²) in [5.74, 6) is -0.263. The number of amides is 1. The molecule has 0 unspecified atom stereocenters. The maximum absolute atomic E-state index is 11.7. The van der Waals surface area contributed by atoms with Crippen LogP contribution in [-0.2, 0) is 4.79 Å². The zero-order valence-corrected chi connectivity index (χ0v) is 11.3. The van der Waals surface area contributed by atoms with Gasteiger partial charge in [-0.1, -0.05) is 36.5 Å². The molecule has 0 aliphatic heterocycles. The number of pyridine rings is 1. The summed E-state index contributed by atoms with van der Waals surface area (Å²) in [7, 11) is 0. The molecule has 1 amide bonds. The summed E-state index contributed by atoms with van der Waals surface area (Å²) >= 11 is 11.6. The minimum absolute atomic E-state index is 0.173. The van der Waals surface area contributed by atoms with Gasteiger partial charge in [0.1, 0.15) is 5.15 Å². The van der Waals surface area contributed by atoms with Gasteiger partial charge in [-0.2, -0.15) is 0 Å². The van der Waals surface area contributed by atoms with Crippen molar-refractivity contribution in [3.63, 3.8) is 0 Å². The molecule has 1 atom stereocenters. The lowest BCUT2D eigenvalue weighted by Crippen LogP contribution is -2.35. The van der Waals surface area contributed by atoms with E-state index in [1.807, 2.05) is 6.92 Å². The zero-order chi connectivity index (χ0) is 13.0. The van der Waals surface area contributed by atoms with E-state index in [1.54, 1.807) is 13.0 Å². The van der Waals surface area contributed by atoms with Crippen LogP contribution in [-0.4, -0.2) is 16.9 Å². The number of carbonyl (C=O) groups excluding carboxylic acids is 1. The van der Waals surface area contributed by atoms with Crippen LogP contribution in [0.15, 0.2) is 6.07 Å². The van der Waals surface area contributed by atoms with Gasteiger partial charge in [0.2, 0.25) is 5.91 Å². The Kier molecular flexibility index (Phi) is 5.18. The number of nitrogens with zero attached hydrogens (tertiary/aromatic N) is 1. The highest BCUT2D eigenvalue weighted by Gasteiger charge is 2.16. The highest BCUT2D eigenvalue weighted by molar-refractivity contribution is 6.34. The lowest BCUT2D eigenvalue weighted by molar-refractivity contribution is -0.117. The average molecular weight is 276 g/mol. The molecule has 6 heteroatoms. The number of nitrogens with one attached hydrogen (secondary N) is 1. The molecule has 0 radical (unpaired) electrons. The minimum atomic E-state index is -0.536. The molecular weight excluding hydrogens is 261 g/mol. The van der Waals surface area contributed by atoms with Crippen LogP contribution in [0.5, 0.6) is 0 Å². The Morgan fingerprint density at radius 2 is 2.24 bits per heavy atom. The van der Waals surface area contributed by atoms with Crippen LogP contribution in [0.2, 0.25) is 10.3 Å². The van der Waals surface area contributed by atoms with Crippen molar-refractivity contribution >= 4 is 34.8 Å². The van der Waals surface area contributed by atoms with Gasteiger partial charge in [0, 0.05) is 0 Å². The minimum Gasteiger partial charge on any atom is -0.322 e. The first-order valence-electron chi connectivity index (χ1n) is 5.34. The molecule has 94 valence electrons. The van der Waals surface area contributed by atoms with Crippen LogP contribution in [0.1, 0.15) is 25.3 Å². The fraction of sp³-hybridized carbons (Fsp3) is 0.455. The van der Waals surface area contributed by atoms with E-state index in [1.165, 1.54) is 0 Å². The molecule has 4 nitrogen and oxygen atoms in total. The number of carbonyl (C=O) groups is 1. The average Bonchev–Trinajstić information content (AvgIpc) is 2.23. The second-order valence-electron chi connectivity index (χ2n) is 3.81. The van der Waals surface area contributed by atoms with E-state index in [4.69, 9.17) is 28.9 Å². The number of halogens is 2. The predicted octanol–water partition coefficient (Wildman–Crippen LogP) is 2.76. The third kappa shape index (κ3) is 3.84. The Bertz CT molecular complexity index is 400. The largest absolute Gasteiger partial charge is 0.322 e. The smallest absolute Gasteiger partial charge is 0.241 e. The van der Waals surface area contributed by atoms with Gasteiger partial charge < -0.3 is 11.1 Å². The van der Waals surface area contributed by atoms with Crippen molar-refractivity contribution in [2.75, 3.05) is 5.32 Å². The Balaban J connectivity index is 2.85. The molecule has 0 spiro atoms. The summed E-state index contributed by atoms with van der Waals surface area (Å²) in [6.07, 6.45) is 1.48. The summed E-state index contributed by atoms with van der Waals surface area (Å²) in [5, 5.41) is 3.14. The van der Waals surface area contributed by atoms with Gasteiger partial charge in [0.05, 0.1) is 11.7 Å². The van der Waals surface area contributed by atoms with Crippen LogP contribution in [0, 0.1) is 6.92 Å². The van der Waals surface area contributed by atoms with E-state index in [-0.39, 0.29) is 11.1 Å². The van der Waals surface area contributed by atoms with Crippen LogP contribution in [0.4, 0.5) is 5.69 Å². The number of rotatable bonds is 4. The van der Waals surface area contributed by atoms with Crippen molar-refractivity contribution < 1.29 is 4.79 Å². The molecule has 1 aromatic rings. The summed E-state index contributed by atoms with van der Waals surface area (Å²) in [4.78, 5) is 15.6. The van der Waals surface area contributed by atoms with E-state index >= 15 is 0 Å². The van der Waals surface area contributed by atoms with Crippen LogP contribution >= 0.6 is 23.2 Å². The van der Waals surface area contributed by atoms with E-state index < -0.39 is 6.04 Å². The summed E-state index contributed by atoms with van der Waals surface area (Å²) in [6, 6.07) is 1.10. The molecule has 1 aromatic heterocycles. The molecule has 0 fully saturated rings. The number of anilines is 1. The van der Waals surface area contributed by atoms with E-state index in [0.29, 0.717) is 17.3 Å². The fourth-order valence-electron chi connectivity index (χ4n) is 1.40. The highest BCUT2D eigenvalue weighted by Crippen LogP contribution is 2.26. The fourth-order valence-corrected chi connectivity index (χ4v) is 1.98. The van der Waals surface area contributed by atoms with Gasteiger partial charge in [-0.15, -0.1) is 0 Å². The lowest BCUT2D eigenvalue weighted by atomic mass is 10.1. The van der Waals surface area contributed by atoms with Gasteiger partial charge in [-0.25, -0.2) is 4.98 Å². The third-order valence-electron chi connectivity index (χ3n) is 2.33. The van der Waals surface area contributed by atoms with Gasteiger partial charge >= 0.3 is 0 Å². The van der Waals surface area contributed by atoms with Crippen molar-refractivity contribution in [2.24, 2.45) is 5.73 Å². The SMILES string of the molecule is CCC[C@@H](N)C(=O)Nc1c(C)cc(Cl)nc1Cl. The monoisotopic (exact) mass is 275 g/mol. The molecule has 0 aliphatic carbocycles. The number of hydrogen-bond acceptors (Lipinski definition) is 3. The number of hydrogen-bond donors (Lipinski definition) is 2. The molecule has 0 saturated heterocycles. The maximum atomic E-state index is 11.7. The molecule has 0 aliphatic rings. The van der Waals surface area contributed by atoms with Crippen molar-refractivity contribution in [1.29, 1.82) is 0 Å². The molecule has 0 bridgehead atoms. The van der Waals surface area contributed by atoms with Crippen molar-refractivity contribution in [3.8, 4) is 0 Å². The molecule has 1 rings (SSSR count). The van der Waals surface area contributed by atoms with Crippen molar-refractivity contribution in [2.45, 2.75) is 32.7 Å². The number of aryl methyl sites for hydroxylation is 1. The normalized spacial score (nSPS) is 12.3.